The number of anilines is 1. The first kappa shape index (κ1) is 17.6. The fourth-order valence-electron chi connectivity index (χ4n) is 2.41. The van der Waals surface area contributed by atoms with Crippen LogP contribution in [0.4, 0.5) is 10.1 Å². The molecule has 0 saturated carbocycles. The molecule has 2 rings (SSSR count). The molecule has 1 aliphatic rings. The number of carbonyl (C=O) groups is 2. The van der Waals surface area contributed by atoms with Crippen molar-refractivity contribution in [2.45, 2.75) is 30.7 Å². The second kappa shape index (κ2) is 6.42. The van der Waals surface area contributed by atoms with E-state index < -0.39 is 38.7 Å². The van der Waals surface area contributed by atoms with E-state index in [1.807, 2.05) is 0 Å². The number of hydrogen-bond acceptors (Lipinski definition) is 4. The Morgan fingerprint density at radius 2 is 2.09 bits per heavy atom. The van der Waals surface area contributed by atoms with E-state index in [4.69, 9.17) is 16.7 Å². The first-order valence-electron chi connectivity index (χ1n) is 6.66. The van der Waals surface area contributed by atoms with E-state index in [9.17, 15) is 22.4 Å². The molecule has 10 heteroatoms. The van der Waals surface area contributed by atoms with Gasteiger partial charge in [-0.1, -0.05) is 11.6 Å². The molecule has 2 N–H and O–H groups in total. The van der Waals surface area contributed by atoms with Gasteiger partial charge in [-0.25, -0.2) is 12.8 Å². The Morgan fingerprint density at radius 3 is 2.65 bits per heavy atom. The Labute approximate surface area is 137 Å². The Morgan fingerprint density at radius 1 is 1.43 bits per heavy atom. The minimum atomic E-state index is -4.35. The molecule has 1 heterocycles. The molecule has 0 aromatic heterocycles. The van der Waals surface area contributed by atoms with Gasteiger partial charge in [0.25, 0.3) is 0 Å². The molecule has 0 radical (unpaired) electrons. The van der Waals surface area contributed by atoms with Gasteiger partial charge < -0.3 is 10.4 Å². The summed E-state index contributed by atoms with van der Waals surface area (Å²) in [5.74, 6) is -2.89. The Hall–Kier alpha value is -1.71. The molecular formula is C13H14ClFN2O5S. The number of halogens is 2. The number of aliphatic carboxylic acids is 1. The van der Waals surface area contributed by atoms with Crippen molar-refractivity contribution in [3.05, 3.63) is 23.0 Å². The van der Waals surface area contributed by atoms with Crippen LogP contribution in [0.25, 0.3) is 0 Å². The quantitative estimate of drug-likeness (QED) is 0.845. The highest BCUT2D eigenvalue weighted by Gasteiger charge is 2.40. The number of carbonyl (C=O) groups excluding carboxylic acids is 1. The lowest BCUT2D eigenvalue weighted by Gasteiger charge is -2.21. The zero-order valence-corrected chi connectivity index (χ0v) is 13.6. The minimum absolute atomic E-state index is 0.0101. The molecule has 1 aromatic carbocycles. The summed E-state index contributed by atoms with van der Waals surface area (Å²) in [6, 6.07) is 0.435. The summed E-state index contributed by atoms with van der Waals surface area (Å²) in [6.07, 6.45) is 0.531. The van der Waals surface area contributed by atoms with Crippen LogP contribution in [0.5, 0.6) is 0 Å². The van der Waals surface area contributed by atoms with E-state index in [2.05, 4.69) is 5.32 Å². The Bertz CT molecular complexity index is 768. The van der Waals surface area contributed by atoms with Crippen LogP contribution in [0.3, 0.4) is 0 Å². The zero-order valence-electron chi connectivity index (χ0n) is 12.0. The van der Waals surface area contributed by atoms with Crippen LogP contribution in [0.1, 0.15) is 19.8 Å². The van der Waals surface area contributed by atoms with E-state index in [1.165, 1.54) is 6.92 Å². The number of nitrogens with zero attached hydrogens (tertiary/aromatic N) is 1. The van der Waals surface area contributed by atoms with Crippen molar-refractivity contribution in [1.82, 2.24) is 4.31 Å². The van der Waals surface area contributed by atoms with Crippen molar-refractivity contribution in [1.29, 1.82) is 0 Å². The third-order valence-electron chi connectivity index (χ3n) is 3.41. The SMILES string of the molecule is CC(=O)Nc1cc(F)c(S(=O)(=O)N2CCC[C@@H]2C(=O)O)cc1Cl. The van der Waals surface area contributed by atoms with E-state index >= 15 is 0 Å². The number of carboxylic acid groups (broad SMARTS) is 1. The highest BCUT2D eigenvalue weighted by Crippen LogP contribution is 2.32. The second-order valence-electron chi connectivity index (χ2n) is 5.06. The fourth-order valence-corrected chi connectivity index (χ4v) is 4.41. The van der Waals surface area contributed by atoms with Crippen molar-refractivity contribution in [3.8, 4) is 0 Å². The van der Waals surface area contributed by atoms with Crippen molar-refractivity contribution < 1.29 is 27.5 Å². The van der Waals surface area contributed by atoms with Gasteiger partial charge in [-0.05, 0) is 18.9 Å². The summed E-state index contributed by atoms with van der Waals surface area (Å²) in [6.45, 7) is 1.18. The second-order valence-corrected chi connectivity index (χ2v) is 7.32. The summed E-state index contributed by atoms with van der Waals surface area (Å²) in [5, 5.41) is 11.2. The zero-order chi connectivity index (χ0) is 17.4. The van der Waals surface area contributed by atoms with Gasteiger partial charge in [0, 0.05) is 19.5 Å². The average molecular weight is 365 g/mol. The van der Waals surface area contributed by atoms with E-state index in [1.54, 1.807) is 0 Å². The Kier molecular flexibility index (Phi) is 4.92. The van der Waals surface area contributed by atoms with E-state index in [-0.39, 0.29) is 23.7 Å². The largest absolute Gasteiger partial charge is 0.480 e. The van der Waals surface area contributed by atoms with Gasteiger partial charge in [0.2, 0.25) is 15.9 Å². The summed E-state index contributed by atoms with van der Waals surface area (Å²) < 4.78 is 40.0. The van der Waals surface area contributed by atoms with Gasteiger partial charge in [0.05, 0.1) is 10.7 Å². The normalized spacial score (nSPS) is 18.8. The summed E-state index contributed by atoms with van der Waals surface area (Å²) in [4.78, 5) is 21.4. The van der Waals surface area contributed by atoms with Gasteiger partial charge in [0.15, 0.2) is 0 Å². The van der Waals surface area contributed by atoms with Crippen LogP contribution >= 0.6 is 11.6 Å². The third-order valence-corrected chi connectivity index (χ3v) is 5.64. The number of sulfonamides is 1. The molecule has 0 spiro atoms. The van der Waals surface area contributed by atoms with Crippen molar-refractivity contribution in [3.63, 3.8) is 0 Å². The number of rotatable bonds is 4. The first-order chi connectivity index (χ1) is 10.6. The van der Waals surface area contributed by atoms with Gasteiger partial charge in [0.1, 0.15) is 16.8 Å². The summed E-state index contributed by atoms with van der Waals surface area (Å²) in [7, 11) is -4.35. The first-order valence-corrected chi connectivity index (χ1v) is 8.47. The molecule has 126 valence electrons. The monoisotopic (exact) mass is 364 g/mol. The van der Waals surface area contributed by atoms with Crippen molar-refractivity contribution in [2.75, 3.05) is 11.9 Å². The lowest BCUT2D eigenvalue weighted by molar-refractivity contribution is -0.140. The molecule has 1 fully saturated rings. The van der Waals surface area contributed by atoms with Crippen molar-refractivity contribution >= 4 is 39.2 Å². The standard InChI is InChI=1S/C13H14ClFN2O5S/c1-7(18)16-10-6-9(15)12(5-8(10)14)23(21,22)17-4-2-3-11(17)13(19)20/h5-6,11H,2-4H2,1H3,(H,16,18)(H,19,20)/t11-/m1/s1. The van der Waals surface area contributed by atoms with Crippen LogP contribution < -0.4 is 5.32 Å². The molecule has 23 heavy (non-hydrogen) atoms. The number of amides is 1. The Balaban J connectivity index is 2.46. The highest BCUT2D eigenvalue weighted by atomic mass is 35.5. The van der Waals surface area contributed by atoms with Crippen LogP contribution in [0.2, 0.25) is 5.02 Å². The van der Waals surface area contributed by atoms with Gasteiger partial charge >= 0.3 is 5.97 Å². The molecule has 0 bridgehead atoms. The molecular weight excluding hydrogens is 351 g/mol. The smallest absolute Gasteiger partial charge is 0.322 e. The predicted molar refractivity (Wildman–Crippen MR) is 80.3 cm³/mol. The minimum Gasteiger partial charge on any atom is -0.480 e. The van der Waals surface area contributed by atoms with Crippen LogP contribution in [0, 0.1) is 5.82 Å². The molecule has 1 aliphatic heterocycles. The maximum absolute atomic E-state index is 14.2. The highest BCUT2D eigenvalue weighted by molar-refractivity contribution is 7.89. The number of nitrogens with one attached hydrogen (secondary N) is 1. The predicted octanol–water partition coefficient (Wildman–Crippen LogP) is 1.68. The van der Waals surface area contributed by atoms with Crippen molar-refractivity contribution in [2.24, 2.45) is 0 Å². The maximum atomic E-state index is 14.2. The molecule has 0 unspecified atom stereocenters. The van der Waals surface area contributed by atoms with Gasteiger partial charge in [-0.2, -0.15) is 4.31 Å². The maximum Gasteiger partial charge on any atom is 0.322 e. The van der Waals surface area contributed by atoms with Gasteiger partial charge in [-0.3, -0.25) is 9.59 Å². The molecule has 1 saturated heterocycles. The van der Waals surface area contributed by atoms with Crippen LogP contribution in [-0.4, -0.2) is 42.3 Å². The molecule has 1 aromatic rings. The summed E-state index contributed by atoms with van der Waals surface area (Å²) >= 11 is 5.88. The van der Waals surface area contributed by atoms with Crippen LogP contribution in [-0.2, 0) is 19.6 Å². The van der Waals surface area contributed by atoms with Crippen LogP contribution in [0.15, 0.2) is 17.0 Å². The topological polar surface area (TPSA) is 104 Å². The lowest BCUT2D eigenvalue weighted by atomic mass is 10.2. The number of benzene rings is 1. The number of hydrogen-bond donors (Lipinski definition) is 2. The molecule has 7 nitrogen and oxygen atoms in total. The number of carboxylic acids is 1. The molecule has 1 amide bonds. The molecule has 1 atom stereocenters. The average Bonchev–Trinajstić information content (AvgIpc) is 2.92. The van der Waals surface area contributed by atoms with E-state index in [0.29, 0.717) is 6.42 Å². The van der Waals surface area contributed by atoms with E-state index in [0.717, 1.165) is 16.4 Å². The lowest BCUT2D eigenvalue weighted by Crippen LogP contribution is -2.40. The molecule has 0 aliphatic carbocycles. The third kappa shape index (κ3) is 3.46. The van der Waals surface area contributed by atoms with Gasteiger partial charge in [-0.15, -0.1) is 0 Å². The summed E-state index contributed by atoms with van der Waals surface area (Å²) in [5.41, 5.74) is -0.0631. The fraction of sp³-hybridized carbons (Fsp3) is 0.385.